The third-order valence-corrected chi connectivity index (χ3v) is 2.58. The summed E-state index contributed by atoms with van der Waals surface area (Å²) in [6, 6.07) is -1.12. The zero-order chi connectivity index (χ0) is 20.2. The molecule has 0 aliphatic rings. The lowest BCUT2D eigenvalue weighted by Gasteiger charge is -2.25. The minimum atomic E-state index is -5.08. The molecule has 0 aromatic heterocycles. The summed E-state index contributed by atoms with van der Waals surface area (Å²) in [5.74, 6) is -6.51. The highest BCUT2D eigenvalue weighted by molar-refractivity contribution is 5.78. The van der Waals surface area contributed by atoms with Crippen LogP contribution in [0, 0.1) is 0 Å². The number of hydrogen-bond acceptors (Lipinski definition) is 6. The van der Waals surface area contributed by atoms with E-state index in [1.165, 1.54) is 0 Å². The molecule has 6 N–H and O–H groups in total. The third kappa shape index (κ3) is 13.7. The molecule has 10 nitrogen and oxygen atoms in total. The maximum absolute atomic E-state index is 11.0. The lowest BCUT2D eigenvalue weighted by Crippen LogP contribution is -2.46. The van der Waals surface area contributed by atoms with Gasteiger partial charge in [0.05, 0.1) is 13.1 Å². The number of unbranched alkanes of at least 4 members (excludes halogenated alkanes) is 1. The average molecular weight is 376 g/mol. The molecule has 0 saturated heterocycles. The maximum atomic E-state index is 11.0. The second-order valence-corrected chi connectivity index (χ2v) is 4.63. The number of rotatable bonds is 10. The highest BCUT2D eigenvalue weighted by atomic mass is 19.4. The fourth-order valence-corrected chi connectivity index (χ4v) is 1.57. The number of carbonyl (C=O) groups is 4. The van der Waals surface area contributed by atoms with E-state index >= 15 is 0 Å². The number of alkyl halides is 3. The first kappa shape index (κ1) is 24.8. The average Bonchev–Trinajstić information content (AvgIpc) is 2.41. The van der Waals surface area contributed by atoms with Crippen molar-refractivity contribution in [1.82, 2.24) is 4.90 Å². The van der Waals surface area contributed by atoms with Crippen LogP contribution >= 0.6 is 0 Å². The van der Waals surface area contributed by atoms with Crippen LogP contribution in [-0.2, 0) is 19.2 Å². The molecule has 146 valence electrons. The van der Waals surface area contributed by atoms with Gasteiger partial charge < -0.3 is 26.2 Å². The largest absolute Gasteiger partial charge is 0.490 e. The van der Waals surface area contributed by atoms with Gasteiger partial charge in [0.15, 0.2) is 0 Å². The Balaban J connectivity index is 0. The van der Waals surface area contributed by atoms with Crippen LogP contribution in [0.1, 0.15) is 19.3 Å². The van der Waals surface area contributed by atoms with Gasteiger partial charge in [-0.15, -0.1) is 0 Å². The maximum Gasteiger partial charge on any atom is 0.490 e. The van der Waals surface area contributed by atoms with Crippen molar-refractivity contribution in [3.63, 3.8) is 0 Å². The Morgan fingerprint density at radius 2 is 1.32 bits per heavy atom. The number of aliphatic carboxylic acids is 4. The molecule has 25 heavy (non-hydrogen) atoms. The summed E-state index contributed by atoms with van der Waals surface area (Å²) in [7, 11) is 0. The molecule has 0 aromatic carbocycles. The topological polar surface area (TPSA) is 178 Å². The van der Waals surface area contributed by atoms with E-state index in [9.17, 15) is 27.6 Å². The van der Waals surface area contributed by atoms with E-state index in [-0.39, 0.29) is 6.42 Å². The van der Waals surface area contributed by atoms with Gasteiger partial charge in [0.1, 0.15) is 6.04 Å². The van der Waals surface area contributed by atoms with Crippen LogP contribution in [0.3, 0.4) is 0 Å². The van der Waals surface area contributed by atoms with Gasteiger partial charge in [0.25, 0.3) is 0 Å². The van der Waals surface area contributed by atoms with E-state index in [4.69, 9.17) is 31.0 Å². The highest BCUT2D eigenvalue weighted by Crippen LogP contribution is 2.13. The summed E-state index contributed by atoms with van der Waals surface area (Å²) >= 11 is 0. The zero-order valence-electron chi connectivity index (χ0n) is 12.9. The summed E-state index contributed by atoms with van der Waals surface area (Å²) in [6.07, 6.45) is -3.80. The molecule has 1 atom stereocenters. The lowest BCUT2D eigenvalue weighted by atomic mass is 10.1. The molecule has 0 spiro atoms. The van der Waals surface area contributed by atoms with Crippen LogP contribution in [0.25, 0.3) is 0 Å². The Morgan fingerprint density at radius 3 is 1.56 bits per heavy atom. The number of hydrogen-bond donors (Lipinski definition) is 5. The number of carboxylic acids is 4. The van der Waals surface area contributed by atoms with Crippen LogP contribution in [0.4, 0.5) is 13.2 Å². The molecule has 0 fully saturated rings. The van der Waals surface area contributed by atoms with Crippen molar-refractivity contribution in [2.75, 3.05) is 19.6 Å². The van der Waals surface area contributed by atoms with Gasteiger partial charge in [-0.1, -0.05) is 6.42 Å². The van der Waals surface area contributed by atoms with Crippen LogP contribution < -0.4 is 5.73 Å². The molecule has 0 aliphatic carbocycles. The second kappa shape index (κ2) is 12.0. The zero-order valence-corrected chi connectivity index (χ0v) is 12.9. The van der Waals surface area contributed by atoms with E-state index in [1.807, 2.05) is 0 Å². The standard InChI is InChI=1S/C10H18N2O6.C2HF3O2/c11-4-2-1-3-7(10(17)18)12(5-8(13)14)6-9(15)16;3-2(4,5)1(6)7/h7H,1-6,11H2,(H,13,14)(H,15,16)(H,17,18);(H,6,7). The highest BCUT2D eigenvalue weighted by Gasteiger charge is 2.38. The summed E-state index contributed by atoms with van der Waals surface area (Å²) < 4.78 is 31.7. The van der Waals surface area contributed by atoms with E-state index < -0.39 is 49.2 Å². The third-order valence-electron chi connectivity index (χ3n) is 2.58. The molecule has 0 amide bonds. The first-order chi connectivity index (χ1) is 11.3. The fourth-order valence-electron chi connectivity index (χ4n) is 1.57. The first-order valence-electron chi connectivity index (χ1n) is 6.73. The molecular formula is C12H19F3N2O8. The SMILES string of the molecule is NCCCCC(C(=O)O)N(CC(=O)O)CC(=O)O.O=C(O)C(F)(F)F. The molecule has 0 radical (unpaired) electrons. The van der Waals surface area contributed by atoms with Crippen LogP contribution in [-0.4, -0.2) is 81.1 Å². The summed E-state index contributed by atoms with van der Waals surface area (Å²) in [5, 5.41) is 33.4. The van der Waals surface area contributed by atoms with Crippen LogP contribution in [0.5, 0.6) is 0 Å². The molecule has 0 rings (SSSR count). The predicted molar refractivity (Wildman–Crippen MR) is 74.9 cm³/mol. The normalized spacial score (nSPS) is 12.0. The Labute approximate surface area is 139 Å². The van der Waals surface area contributed by atoms with E-state index in [1.54, 1.807) is 0 Å². The molecule has 0 aromatic rings. The summed E-state index contributed by atoms with van der Waals surface area (Å²) in [6.45, 7) is -0.831. The molecule has 0 aliphatic heterocycles. The summed E-state index contributed by atoms with van der Waals surface area (Å²) in [5.41, 5.74) is 5.28. The van der Waals surface area contributed by atoms with Crippen LogP contribution in [0.2, 0.25) is 0 Å². The molecule has 0 bridgehead atoms. The number of halogens is 3. The van der Waals surface area contributed by atoms with E-state index in [0.29, 0.717) is 19.4 Å². The van der Waals surface area contributed by atoms with Gasteiger partial charge in [-0.05, 0) is 19.4 Å². The van der Waals surface area contributed by atoms with Crippen molar-refractivity contribution in [3.8, 4) is 0 Å². The monoisotopic (exact) mass is 376 g/mol. The smallest absolute Gasteiger partial charge is 0.480 e. The Hall–Kier alpha value is -2.41. The molecular weight excluding hydrogens is 357 g/mol. The van der Waals surface area contributed by atoms with E-state index in [0.717, 1.165) is 4.90 Å². The van der Waals surface area contributed by atoms with Crippen molar-refractivity contribution in [3.05, 3.63) is 0 Å². The number of nitrogens with zero attached hydrogens (tertiary/aromatic N) is 1. The van der Waals surface area contributed by atoms with Crippen LogP contribution in [0.15, 0.2) is 0 Å². The minimum absolute atomic E-state index is 0.174. The number of carboxylic acid groups (broad SMARTS) is 4. The van der Waals surface area contributed by atoms with Crippen molar-refractivity contribution in [1.29, 1.82) is 0 Å². The molecule has 0 saturated carbocycles. The van der Waals surface area contributed by atoms with E-state index in [2.05, 4.69) is 0 Å². The fraction of sp³-hybridized carbons (Fsp3) is 0.667. The quantitative estimate of drug-likeness (QED) is 0.317. The van der Waals surface area contributed by atoms with Gasteiger partial charge in [-0.2, -0.15) is 13.2 Å². The second-order valence-electron chi connectivity index (χ2n) is 4.63. The van der Waals surface area contributed by atoms with Gasteiger partial charge in [-0.3, -0.25) is 19.3 Å². The van der Waals surface area contributed by atoms with Crippen molar-refractivity contribution in [2.45, 2.75) is 31.5 Å². The molecule has 1 unspecified atom stereocenters. The van der Waals surface area contributed by atoms with Crippen molar-refractivity contribution in [2.24, 2.45) is 5.73 Å². The Bertz CT molecular complexity index is 454. The lowest BCUT2D eigenvalue weighted by molar-refractivity contribution is -0.192. The Morgan fingerprint density at radius 1 is 0.920 bits per heavy atom. The molecule has 13 heteroatoms. The van der Waals surface area contributed by atoms with Crippen molar-refractivity contribution < 1.29 is 52.8 Å². The van der Waals surface area contributed by atoms with Gasteiger partial charge in [0.2, 0.25) is 0 Å². The minimum Gasteiger partial charge on any atom is -0.480 e. The number of nitrogens with two attached hydrogens (primary N) is 1. The molecule has 0 heterocycles. The Kier molecular flexibility index (Phi) is 11.9. The van der Waals surface area contributed by atoms with Gasteiger partial charge in [-0.25, -0.2) is 4.79 Å². The predicted octanol–water partition coefficient (Wildman–Crippen LogP) is -0.327. The van der Waals surface area contributed by atoms with Crippen molar-refractivity contribution >= 4 is 23.9 Å². The van der Waals surface area contributed by atoms with Gasteiger partial charge in [0, 0.05) is 0 Å². The first-order valence-corrected chi connectivity index (χ1v) is 6.73. The van der Waals surface area contributed by atoms with Gasteiger partial charge >= 0.3 is 30.1 Å². The summed E-state index contributed by atoms with van der Waals surface area (Å²) in [4.78, 5) is 42.1.